The number of hydrogen-bond donors (Lipinski definition) is 3. The molecule has 0 unspecified atom stereocenters. The van der Waals surface area contributed by atoms with Crippen LogP contribution in [-0.4, -0.2) is 46.7 Å². The summed E-state index contributed by atoms with van der Waals surface area (Å²) in [4.78, 5) is 34.3. The van der Waals surface area contributed by atoms with Gasteiger partial charge in [-0.25, -0.2) is 9.37 Å². The van der Waals surface area contributed by atoms with Crippen molar-refractivity contribution in [2.45, 2.75) is 45.3 Å². The Labute approximate surface area is 261 Å². The summed E-state index contributed by atoms with van der Waals surface area (Å²) in [6, 6.07) is 9.96. The number of fused-ring (bicyclic) bond motifs is 1. The standard InChI is InChI=1S/C32H30ClF3N4O5/c1-3-44-29-18(13-25(37)41)12-24(40-28(29)21-5-4-6-22(34)26(21)33)32(43,20-7-8-20)15-39-30(42)19-10-17-9-16(2)14-38-27(17)23(11-19)45-31(35)36/h4-6,9-12,14,20,31,43H,3,7-8,13,15H2,1-2H3,(H2,37,41)(H,39,42)/t32-/m1/s1. The third-order valence-electron chi connectivity index (χ3n) is 7.49. The van der Waals surface area contributed by atoms with Gasteiger partial charge in [-0.1, -0.05) is 23.7 Å². The number of ether oxygens (including phenoxy) is 2. The molecule has 1 aliphatic carbocycles. The minimum absolute atomic E-state index is 0.00463. The van der Waals surface area contributed by atoms with E-state index in [1.165, 1.54) is 36.5 Å². The Kier molecular flexibility index (Phi) is 9.17. The highest BCUT2D eigenvalue weighted by molar-refractivity contribution is 6.33. The van der Waals surface area contributed by atoms with E-state index in [-0.39, 0.29) is 70.0 Å². The lowest BCUT2D eigenvalue weighted by Gasteiger charge is -2.30. The van der Waals surface area contributed by atoms with E-state index < -0.39 is 29.8 Å². The minimum atomic E-state index is -3.14. The third kappa shape index (κ3) is 6.81. The fraction of sp³-hybridized carbons (Fsp3) is 0.312. The van der Waals surface area contributed by atoms with Crippen molar-refractivity contribution in [3.8, 4) is 22.8 Å². The van der Waals surface area contributed by atoms with E-state index in [0.29, 0.717) is 23.8 Å². The van der Waals surface area contributed by atoms with Crippen molar-refractivity contribution < 1.29 is 37.3 Å². The number of carbonyl (C=O) groups is 2. The molecule has 5 rings (SSSR count). The number of primary amides is 1. The molecule has 0 aliphatic heterocycles. The van der Waals surface area contributed by atoms with Crippen molar-refractivity contribution in [3.05, 3.63) is 81.9 Å². The van der Waals surface area contributed by atoms with Gasteiger partial charge in [-0.05, 0) is 68.5 Å². The monoisotopic (exact) mass is 642 g/mol. The lowest BCUT2D eigenvalue weighted by Crippen LogP contribution is -2.43. The van der Waals surface area contributed by atoms with Gasteiger partial charge in [-0.2, -0.15) is 8.78 Å². The fourth-order valence-electron chi connectivity index (χ4n) is 5.27. The summed E-state index contributed by atoms with van der Waals surface area (Å²) < 4.78 is 51.4. The number of hydrogen-bond acceptors (Lipinski definition) is 7. The van der Waals surface area contributed by atoms with E-state index in [1.807, 2.05) is 0 Å². The summed E-state index contributed by atoms with van der Waals surface area (Å²) in [7, 11) is 0. The van der Waals surface area contributed by atoms with Crippen molar-refractivity contribution in [2.24, 2.45) is 11.7 Å². The summed E-state index contributed by atoms with van der Waals surface area (Å²) in [6.45, 7) is 0.184. The molecule has 1 fully saturated rings. The number of amides is 2. The van der Waals surface area contributed by atoms with Crippen molar-refractivity contribution in [2.75, 3.05) is 13.2 Å². The largest absolute Gasteiger partial charge is 0.491 e. The molecule has 0 saturated heterocycles. The first-order valence-electron chi connectivity index (χ1n) is 14.2. The van der Waals surface area contributed by atoms with Crippen molar-refractivity contribution in [3.63, 3.8) is 0 Å². The number of benzene rings is 2. The van der Waals surface area contributed by atoms with Crippen LogP contribution < -0.4 is 20.5 Å². The van der Waals surface area contributed by atoms with Gasteiger partial charge in [0.2, 0.25) is 5.91 Å². The maximum Gasteiger partial charge on any atom is 0.387 e. The molecular formula is C32H30ClF3N4O5. The van der Waals surface area contributed by atoms with Gasteiger partial charge in [0, 0.05) is 28.3 Å². The van der Waals surface area contributed by atoms with Crippen LogP contribution in [0.3, 0.4) is 0 Å². The molecule has 4 N–H and O–H groups in total. The molecule has 236 valence electrons. The van der Waals surface area contributed by atoms with Crippen LogP contribution in [0.15, 0.2) is 48.7 Å². The molecule has 1 saturated carbocycles. The van der Waals surface area contributed by atoms with Crippen molar-refractivity contribution in [1.82, 2.24) is 15.3 Å². The first-order chi connectivity index (χ1) is 21.4. The number of nitrogens with zero attached hydrogens (tertiary/aromatic N) is 2. The molecular weight excluding hydrogens is 613 g/mol. The molecule has 2 aromatic heterocycles. The first kappa shape index (κ1) is 32.0. The van der Waals surface area contributed by atoms with Crippen LogP contribution >= 0.6 is 11.6 Å². The predicted octanol–water partition coefficient (Wildman–Crippen LogP) is 5.45. The lowest BCUT2D eigenvalue weighted by atomic mass is 9.90. The van der Waals surface area contributed by atoms with Crippen LogP contribution in [-0.2, 0) is 16.8 Å². The van der Waals surface area contributed by atoms with Crippen molar-refractivity contribution in [1.29, 1.82) is 0 Å². The van der Waals surface area contributed by atoms with E-state index in [2.05, 4.69) is 20.0 Å². The number of carbonyl (C=O) groups excluding carboxylic acids is 2. The highest BCUT2D eigenvalue weighted by atomic mass is 35.5. The SMILES string of the molecule is CCOc1c(CC(N)=O)cc([C@@](O)(CNC(=O)c2cc(OC(F)F)c3ncc(C)cc3c2)C2CC2)nc1-c1cccc(F)c1Cl. The molecule has 2 aromatic carbocycles. The van der Waals surface area contributed by atoms with Crippen LogP contribution in [0, 0.1) is 18.7 Å². The zero-order valence-corrected chi connectivity index (χ0v) is 25.1. The number of rotatable bonds is 12. The van der Waals surface area contributed by atoms with E-state index in [0.717, 1.165) is 11.6 Å². The van der Waals surface area contributed by atoms with Gasteiger partial charge in [0.05, 0.1) is 30.3 Å². The Hall–Kier alpha value is -4.42. The normalized spacial score (nSPS) is 14.3. The Morgan fingerprint density at radius 3 is 2.64 bits per heavy atom. The Bertz CT molecular complexity index is 1790. The van der Waals surface area contributed by atoms with Gasteiger partial charge in [0.25, 0.3) is 5.91 Å². The molecule has 13 heteroatoms. The minimum Gasteiger partial charge on any atom is -0.491 e. The molecule has 45 heavy (non-hydrogen) atoms. The second-order valence-corrected chi connectivity index (χ2v) is 11.2. The van der Waals surface area contributed by atoms with Crippen LogP contribution in [0.1, 0.15) is 46.9 Å². The smallest absolute Gasteiger partial charge is 0.387 e. The van der Waals surface area contributed by atoms with Crippen LogP contribution in [0.25, 0.3) is 22.2 Å². The fourth-order valence-corrected chi connectivity index (χ4v) is 5.48. The maximum atomic E-state index is 14.5. The predicted molar refractivity (Wildman–Crippen MR) is 161 cm³/mol. The number of aryl methyl sites for hydroxylation is 1. The summed E-state index contributed by atoms with van der Waals surface area (Å²) in [6.07, 6.45) is 2.43. The first-order valence-corrected chi connectivity index (χ1v) is 14.5. The summed E-state index contributed by atoms with van der Waals surface area (Å²) in [5.41, 5.74) is 5.33. The second-order valence-electron chi connectivity index (χ2n) is 10.8. The van der Waals surface area contributed by atoms with E-state index in [1.54, 1.807) is 19.9 Å². The molecule has 0 radical (unpaired) electrons. The number of nitrogens with two attached hydrogens (primary N) is 1. The Balaban J connectivity index is 1.56. The quantitative estimate of drug-likeness (QED) is 0.187. The zero-order valence-electron chi connectivity index (χ0n) is 24.4. The van der Waals surface area contributed by atoms with Gasteiger partial charge in [0.1, 0.15) is 28.4 Å². The number of halogens is 4. The van der Waals surface area contributed by atoms with Gasteiger partial charge >= 0.3 is 6.61 Å². The number of aromatic nitrogens is 2. The van der Waals surface area contributed by atoms with Crippen LogP contribution in [0.2, 0.25) is 5.02 Å². The highest BCUT2D eigenvalue weighted by Crippen LogP contribution is 2.47. The topological polar surface area (TPSA) is 137 Å². The van der Waals surface area contributed by atoms with E-state index >= 15 is 0 Å². The zero-order chi connectivity index (χ0) is 32.5. The molecule has 0 bridgehead atoms. The molecule has 0 spiro atoms. The summed E-state index contributed by atoms with van der Waals surface area (Å²) in [5.74, 6) is -2.52. The summed E-state index contributed by atoms with van der Waals surface area (Å²) in [5, 5.41) is 15.0. The van der Waals surface area contributed by atoms with E-state index in [4.69, 9.17) is 22.1 Å². The molecule has 2 amide bonds. The molecule has 2 heterocycles. The maximum absolute atomic E-state index is 14.5. The molecule has 4 aromatic rings. The number of pyridine rings is 2. The average molecular weight is 643 g/mol. The average Bonchev–Trinajstić information content (AvgIpc) is 3.83. The lowest BCUT2D eigenvalue weighted by molar-refractivity contribution is -0.117. The highest BCUT2D eigenvalue weighted by Gasteiger charge is 2.47. The van der Waals surface area contributed by atoms with Crippen molar-refractivity contribution >= 4 is 34.3 Å². The van der Waals surface area contributed by atoms with Crippen LogP contribution in [0.4, 0.5) is 13.2 Å². The third-order valence-corrected chi connectivity index (χ3v) is 7.87. The molecule has 1 atom stereocenters. The Morgan fingerprint density at radius 1 is 1.22 bits per heavy atom. The molecule has 9 nitrogen and oxygen atoms in total. The molecule has 1 aliphatic rings. The van der Waals surface area contributed by atoms with Gasteiger partial charge in [-0.15, -0.1) is 0 Å². The number of nitrogens with one attached hydrogen (secondary N) is 1. The van der Waals surface area contributed by atoms with Gasteiger partial charge < -0.3 is 25.6 Å². The van der Waals surface area contributed by atoms with Gasteiger partial charge in [0.15, 0.2) is 5.75 Å². The number of alkyl halides is 2. The Morgan fingerprint density at radius 2 is 1.98 bits per heavy atom. The van der Waals surface area contributed by atoms with Crippen LogP contribution in [0.5, 0.6) is 11.5 Å². The number of aliphatic hydroxyl groups is 1. The van der Waals surface area contributed by atoms with Gasteiger partial charge in [-0.3, -0.25) is 14.6 Å². The second kappa shape index (κ2) is 12.9. The summed E-state index contributed by atoms with van der Waals surface area (Å²) >= 11 is 6.32. The van der Waals surface area contributed by atoms with E-state index in [9.17, 15) is 27.9 Å².